The molecule has 1 aromatic heterocycles. The molecule has 0 aliphatic carbocycles. The van der Waals surface area contributed by atoms with Crippen molar-refractivity contribution < 1.29 is 14.7 Å². The first-order chi connectivity index (χ1) is 6.86. The molecule has 0 spiro atoms. The second-order valence-electron chi connectivity index (χ2n) is 4.17. The first kappa shape index (κ1) is 11.7. The van der Waals surface area contributed by atoms with Crippen molar-refractivity contribution in [3.63, 3.8) is 0 Å². The normalized spacial score (nSPS) is 11.1. The van der Waals surface area contributed by atoms with Gasteiger partial charge >= 0.3 is 5.97 Å². The maximum Gasteiger partial charge on any atom is 0.348 e. The van der Waals surface area contributed by atoms with E-state index in [1.165, 1.54) is 11.3 Å². The highest BCUT2D eigenvalue weighted by Crippen LogP contribution is 2.35. The summed E-state index contributed by atoms with van der Waals surface area (Å²) in [5.41, 5.74) is 0.255. The zero-order valence-corrected chi connectivity index (χ0v) is 9.64. The Bertz CT molecular complexity index is 390. The molecule has 0 atom stereocenters. The van der Waals surface area contributed by atoms with Crippen LogP contribution < -0.4 is 5.32 Å². The molecule has 15 heavy (non-hydrogen) atoms. The maximum atomic E-state index is 10.9. The monoisotopic (exact) mass is 227 g/mol. The molecule has 0 saturated heterocycles. The van der Waals surface area contributed by atoms with Gasteiger partial charge in [-0.25, -0.2) is 4.79 Å². The Balaban J connectivity index is 3.20. The van der Waals surface area contributed by atoms with Crippen LogP contribution in [0.1, 0.15) is 35.3 Å². The number of rotatable bonds is 3. The van der Waals surface area contributed by atoms with E-state index in [0.29, 0.717) is 12.1 Å². The molecule has 0 radical (unpaired) electrons. The van der Waals surface area contributed by atoms with Crippen LogP contribution in [0.5, 0.6) is 0 Å². The number of carbonyl (C=O) groups is 2. The molecule has 0 aliphatic rings. The third-order valence-corrected chi connectivity index (χ3v) is 3.43. The van der Waals surface area contributed by atoms with Crippen molar-refractivity contribution in [2.45, 2.75) is 26.2 Å². The molecule has 0 saturated carbocycles. The van der Waals surface area contributed by atoms with Crippen LogP contribution in [0.25, 0.3) is 0 Å². The maximum absolute atomic E-state index is 10.9. The van der Waals surface area contributed by atoms with Gasteiger partial charge in [0.2, 0.25) is 6.41 Å². The van der Waals surface area contributed by atoms with E-state index < -0.39 is 5.97 Å². The minimum Gasteiger partial charge on any atom is -0.477 e. The van der Waals surface area contributed by atoms with Gasteiger partial charge in [0.05, 0.1) is 5.69 Å². The summed E-state index contributed by atoms with van der Waals surface area (Å²) in [5.74, 6) is -1.01. The van der Waals surface area contributed by atoms with Crippen LogP contribution >= 0.6 is 11.3 Å². The Morgan fingerprint density at radius 1 is 1.53 bits per heavy atom. The SMILES string of the molecule is CC(C)(C)c1cc(NC=O)c(C(=O)O)s1. The molecule has 82 valence electrons. The lowest BCUT2D eigenvalue weighted by atomic mass is 9.94. The molecule has 1 heterocycles. The number of hydrogen-bond acceptors (Lipinski definition) is 3. The van der Waals surface area contributed by atoms with E-state index in [4.69, 9.17) is 5.11 Å². The standard InChI is InChI=1S/C10H13NO3S/c1-10(2,3)7-4-6(11-5-12)8(15-7)9(13)14/h4-5H,1-3H3,(H,11,12)(H,13,14). The van der Waals surface area contributed by atoms with Crippen LogP contribution in [0.4, 0.5) is 5.69 Å². The van der Waals surface area contributed by atoms with Crippen molar-refractivity contribution in [1.29, 1.82) is 0 Å². The highest BCUT2D eigenvalue weighted by atomic mass is 32.1. The van der Waals surface area contributed by atoms with Gasteiger partial charge < -0.3 is 10.4 Å². The van der Waals surface area contributed by atoms with E-state index in [2.05, 4.69) is 5.32 Å². The third kappa shape index (κ3) is 2.56. The van der Waals surface area contributed by atoms with E-state index in [9.17, 15) is 9.59 Å². The van der Waals surface area contributed by atoms with E-state index in [1.807, 2.05) is 20.8 Å². The van der Waals surface area contributed by atoms with E-state index in [-0.39, 0.29) is 10.3 Å². The van der Waals surface area contributed by atoms with Crippen molar-refractivity contribution in [3.05, 3.63) is 15.8 Å². The second-order valence-corrected chi connectivity index (χ2v) is 5.22. The highest BCUT2D eigenvalue weighted by Gasteiger charge is 2.22. The number of anilines is 1. The van der Waals surface area contributed by atoms with Crippen molar-refractivity contribution in [3.8, 4) is 0 Å². The van der Waals surface area contributed by atoms with Crippen molar-refractivity contribution in [1.82, 2.24) is 0 Å². The van der Waals surface area contributed by atoms with Gasteiger partial charge in [-0.2, -0.15) is 0 Å². The smallest absolute Gasteiger partial charge is 0.348 e. The number of carbonyl (C=O) groups excluding carboxylic acids is 1. The van der Waals surface area contributed by atoms with Crippen LogP contribution in [0, 0.1) is 0 Å². The number of aromatic carboxylic acids is 1. The minimum absolute atomic E-state index is 0.113. The van der Waals surface area contributed by atoms with Crippen molar-refractivity contribution >= 4 is 29.4 Å². The molecule has 0 bridgehead atoms. The van der Waals surface area contributed by atoms with Gasteiger partial charge in [-0.3, -0.25) is 4.79 Å². The molecule has 1 aromatic rings. The molecular weight excluding hydrogens is 214 g/mol. The number of nitrogens with one attached hydrogen (secondary N) is 1. The number of carboxylic acids is 1. The first-order valence-corrected chi connectivity index (χ1v) is 5.25. The molecule has 0 aliphatic heterocycles. The number of thiophene rings is 1. The molecule has 4 nitrogen and oxygen atoms in total. The molecule has 0 unspecified atom stereocenters. The van der Waals surface area contributed by atoms with Crippen LogP contribution in [-0.2, 0) is 10.2 Å². The Hall–Kier alpha value is -1.36. The Kier molecular flexibility index (Phi) is 3.14. The van der Waals surface area contributed by atoms with Crippen LogP contribution in [-0.4, -0.2) is 17.5 Å². The van der Waals surface area contributed by atoms with Crippen LogP contribution in [0.2, 0.25) is 0 Å². The lowest BCUT2D eigenvalue weighted by Crippen LogP contribution is -2.08. The summed E-state index contributed by atoms with van der Waals surface area (Å²) in [6, 6.07) is 1.71. The molecule has 2 N–H and O–H groups in total. The third-order valence-electron chi connectivity index (χ3n) is 1.88. The summed E-state index contributed by atoms with van der Waals surface area (Å²) < 4.78 is 0. The lowest BCUT2D eigenvalue weighted by Gasteiger charge is -2.14. The van der Waals surface area contributed by atoms with Gasteiger partial charge in [0, 0.05) is 4.88 Å². The summed E-state index contributed by atoms with van der Waals surface area (Å²) in [5, 5.41) is 11.3. The lowest BCUT2D eigenvalue weighted by molar-refractivity contribution is -0.105. The summed E-state index contributed by atoms with van der Waals surface area (Å²) in [7, 11) is 0. The predicted octanol–water partition coefficient (Wildman–Crippen LogP) is 2.31. The Morgan fingerprint density at radius 2 is 2.13 bits per heavy atom. The topological polar surface area (TPSA) is 66.4 Å². The summed E-state index contributed by atoms with van der Waals surface area (Å²) in [6.45, 7) is 5.99. The fraction of sp³-hybridized carbons (Fsp3) is 0.400. The predicted molar refractivity (Wildman–Crippen MR) is 59.7 cm³/mol. The molecule has 1 rings (SSSR count). The van der Waals surface area contributed by atoms with Gasteiger partial charge in [0.25, 0.3) is 0 Å². The van der Waals surface area contributed by atoms with E-state index in [1.54, 1.807) is 6.07 Å². The van der Waals surface area contributed by atoms with Crippen LogP contribution in [0.15, 0.2) is 6.07 Å². The number of hydrogen-bond donors (Lipinski definition) is 2. The molecule has 1 amide bonds. The average molecular weight is 227 g/mol. The molecule has 0 fully saturated rings. The van der Waals surface area contributed by atoms with Gasteiger partial charge in [-0.1, -0.05) is 20.8 Å². The Morgan fingerprint density at radius 3 is 2.53 bits per heavy atom. The van der Waals surface area contributed by atoms with Gasteiger partial charge in [0.15, 0.2) is 0 Å². The fourth-order valence-electron chi connectivity index (χ4n) is 1.09. The van der Waals surface area contributed by atoms with Crippen LogP contribution in [0.3, 0.4) is 0 Å². The minimum atomic E-state index is -1.01. The highest BCUT2D eigenvalue weighted by molar-refractivity contribution is 7.14. The Labute approximate surface area is 91.9 Å². The fourth-order valence-corrected chi connectivity index (χ4v) is 2.11. The first-order valence-electron chi connectivity index (χ1n) is 4.44. The molecular formula is C10H13NO3S. The average Bonchev–Trinajstić information content (AvgIpc) is 2.48. The summed E-state index contributed by atoms with van der Waals surface area (Å²) in [4.78, 5) is 22.3. The van der Waals surface area contributed by atoms with Gasteiger partial charge in [-0.15, -0.1) is 11.3 Å². The molecule has 0 aromatic carbocycles. The van der Waals surface area contributed by atoms with Gasteiger partial charge in [0.1, 0.15) is 4.88 Å². The molecule has 5 heteroatoms. The quantitative estimate of drug-likeness (QED) is 0.779. The summed E-state index contributed by atoms with van der Waals surface area (Å²) in [6.07, 6.45) is 0.487. The van der Waals surface area contributed by atoms with E-state index in [0.717, 1.165) is 4.88 Å². The summed E-state index contributed by atoms with van der Waals surface area (Å²) >= 11 is 1.19. The largest absolute Gasteiger partial charge is 0.477 e. The van der Waals surface area contributed by atoms with Crippen molar-refractivity contribution in [2.75, 3.05) is 5.32 Å². The number of carboxylic acid groups (broad SMARTS) is 1. The second kappa shape index (κ2) is 4.02. The zero-order valence-electron chi connectivity index (χ0n) is 8.83. The number of amides is 1. The zero-order chi connectivity index (χ0) is 11.6. The van der Waals surface area contributed by atoms with E-state index >= 15 is 0 Å². The van der Waals surface area contributed by atoms with Crippen molar-refractivity contribution in [2.24, 2.45) is 0 Å². The van der Waals surface area contributed by atoms with Gasteiger partial charge in [-0.05, 0) is 11.5 Å².